The Balaban J connectivity index is 2.80. The van der Waals surface area contributed by atoms with E-state index in [4.69, 9.17) is 0 Å². The van der Waals surface area contributed by atoms with Crippen molar-refractivity contribution in [1.82, 2.24) is 0 Å². The van der Waals surface area contributed by atoms with E-state index in [0.717, 1.165) is 11.3 Å². The first-order valence-corrected chi connectivity index (χ1v) is 5.74. The minimum absolute atomic E-state index is 0.0982. The minimum Gasteiger partial charge on any atom is -0.293 e. The topological polar surface area (TPSA) is 17.1 Å². The molecule has 0 aliphatic heterocycles. The molecule has 0 spiro atoms. The van der Waals surface area contributed by atoms with Crippen molar-refractivity contribution < 1.29 is 18.0 Å². The first-order chi connectivity index (χ1) is 6.29. The van der Waals surface area contributed by atoms with Crippen LogP contribution in [0.2, 0.25) is 0 Å². The summed E-state index contributed by atoms with van der Waals surface area (Å²) in [6.07, 6.45) is -5.85. The van der Waals surface area contributed by atoms with Gasteiger partial charge in [0.05, 0.1) is 8.66 Å². The molecule has 78 valence electrons. The Hall–Kier alpha value is 0.120. The van der Waals surface area contributed by atoms with Gasteiger partial charge in [-0.25, -0.2) is 0 Å². The van der Waals surface area contributed by atoms with Crippen LogP contribution in [0.25, 0.3) is 0 Å². The predicted octanol–water partition coefficient (Wildman–Crippen LogP) is 4.41. The van der Waals surface area contributed by atoms with Crippen LogP contribution in [0.1, 0.15) is 16.1 Å². The lowest BCUT2D eigenvalue weighted by atomic mass is 10.2. The predicted molar refractivity (Wildman–Crippen MR) is 54.7 cm³/mol. The van der Waals surface area contributed by atoms with Crippen LogP contribution in [0.3, 0.4) is 0 Å². The third-order valence-electron chi connectivity index (χ3n) is 1.28. The summed E-state index contributed by atoms with van der Waals surface area (Å²) in [4.78, 5) is 11.2. The van der Waals surface area contributed by atoms with E-state index in [0.29, 0.717) is 8.26 Å². The fourth-order valence-electron chi connectivity index (χ4n) is 0.753. The Morgan fingerprint density at radius 3 is 2.36 bits per heavy atom. The maximum Gasteiger partial charge on any atom is 0.396 e. The quantitative estimate of drug-likeness (QED) is 0.721. The largest absolute Gasteiger partial charge is 0.396 e. The lowest BCUT2D eigenvalue weighted by molar-refractivity contribution is -0.125. The smallest absolute Gasteiger partial charge is 0.293 e. The van der Waals surface area contributed by atoms with Crippen LogP contribution < -0.4 is 0 Å². The molecule has 1 aromatic heterocycles. The van der Waals surface area contributed by atoms with E-state index in [9.17, 15) is 18.0 Å². The Labute approximate surface area is 98.6 Å². The van der Waals surface area contributed by atoms with E-state index >= 15 is 0 Å². The van der Waals surface area contributed by atoms with Crippen molar-refractivity contribution in [3.63, 3.8) is 0 Å². The highest BCUT2D eigenvalue weighted by Gasteiger charge is 2.32. The van der Waals surface area contributed by atoms with E-state index in [1.54, 1.807) is 0 Å². The Kier molecular flexibility index (Phi) is 3.76. The summed E-state index contributed by atoms with van der Waals surface area (Å²) in [5.74, 6) is -0.908. The summed E-state index contributed by atoms with van der Waals surface area (Å²) in [6.45, 7) is 0. The molecule has 0 N–H and O–H groups in total. The van der Waals surface area contributed by atoms with Gasteiger partial charge in [0, 0.05) is 4.47 Å². The number of hydrogen-bond donors (Lipinski definition) is 0. The normalized spacial score (nSPS) is 11.8. The molecule has 1 heterocycles. The SMILES string of the molecule is O=C(CC(F)(F)F)c1cc(Br)c(Br)s1. The molecule has 0 aliphatic rings. The van der Waals surface area contributed by atoms with Crippen molar-refractivity contribution in [1.29, 1.82) is 0 Å². The maximum atomic E-state index is 11.9. The molecule has 1 aromatic rings. The molecule has 0 amide bonds. The van der Waals surface area contributed by atoms with Crippen molar-refractivity contribution in [2.24, 2.45) is 0 Å². The van der Waals surface area contributed by atoms with Gasteiger partial charge in [-0.1, -0.05) is 0 Å². The van der Waals surface area contributed by atoms with Crippen molar-refractivity contribution >= 4 is 49.0 Å². The summed E-state index contributed by atoms with van der Waals surface area (Å²) >= 11 is 7.18. The standard InChI is InChI=1S/C7H3Br2F3OS/c8-3-1-5(14-6(3)9)4(13)2-7(10,11)12/h1H,2H2. The summed E-state index contributed by atoms with van der Waals surface area (Å²) < 4.78 is 36.8. The zero-order chi connectivity index (χ0) is 10.9. The number of ketones is 1. The number of alkyl halides is 3. The second kappa shape index (κ2) is 4.32. The molecular formula is C7H3Br2F3OS. The van der Waals surface area contributed by atoms with Crippen molar-refractivity contribution in [3.8, 4) is 0 Å². The molecule has 1 nitrogen and oxygen atoms in total. The molecule has 0 radical (unpaired) electrons. The molecule has 0 aliphatic carbocycles. The highest BCUT2D eigenvalue weighted by Crippen LogP contribution is 2.34. The maximum absolute atomic E-state index is 11.9. The Bertz CT molecular complexity index is 339. The zero-order valence-corrected chi connectivity index (χ0v) is 10.5. The first kappa shape index (κ1) is 12.2. The molecule has 14 heavy (non-hydrogen) atoms. The number of hydrogen-bond acceptors (Lipinski definition) is 2. The van der Waals surface area contributed by atoms with Gasteiger partial charge in [0.2, 0.25) is 0 Å². The molecule has 0 aromatic carbocycles. The van der Waals surface area contributed by atoms with Crippen molar-refractivity contribution in [2.75, 3.05) is 0 Å². The van der Waals surface area contributed by atoms with Crippen LogP contribution >= 0.6 is 43.2 Å². The van der Waals surface area contributed by atoms with E-state index < -0.39 is 18.4 Å². The van der Waals surface area contributed by atoms with Crippen LogP contribution in [-0.2, 0) is 0 Å². The van der Waals surface area contributed by atoms with Crippen LogP contribution in [0.5, 0.6) is 0 Å². The Morgan fingerprint density at radius 1 is 1.43 bits per heavy atom. The molecular weight excluding hydrogens is 349 g/mol. The van der Waals surface area contributed by atoms with Crippen LogP contribution in [-0.4, -0.2) is 12.0 Å². The number of carbonyl (C=O) groups excluding carboxylic acids is 1. The van der Waals surface area contributed by atoms with E-state index in [-0.39, 0.29) is 4.88 Å². The second-order valence-corrected chi connectivity index (χ2v) is 5.67. The van der Waals surface area contributed by atoms with Gasteiger partial charge >= 0.3 is 6.18 Å². The fraction of sp³-hybridized carbons (Fsp3) is 0.286. The third kappa shape index (κ3) is 3.36. The third-order valence-corrected chi connectivity index (χ3v) is 4.58. The van der Waals surface area contributed by atoms with Gasteiger partial charge in [-0.3, -0.25) is 4.79 Å². The van der Waals surface area contributed by atoms with Crippen molar-refractivity contribution in [3.05, 3.63) is 19.2 Å². The van der Waals surface area contributed by atoms with E-state index in [1.165, 1.54) is 6.07 Å². The highest BCUT2D eigenvalue weighted by molar-refractivity contribution is 9.13. The second-order valence-electron chi connectivity index (χ2n) is 2.45. The van der Waals surface area contributed by atoms with Crippen molar-refractivity contribution in [2.45, 2.75) is 12.6 Å². The zero-order valence-electron chi connectivity index (χ0n) is 6.49. The van der Waals surface area contributed by atoms with Gasteiger partial charge in [-0.05, 0) is 37.9 Å². The lowest BCUT2D eigenvalue weighted by Gasteiger charge is -2.02. The molecule has 0 fully saturated rings. The van der Waals surface area contributed by atoms with Crippen LogP contribution in [0.15, 0.2) is 14.3 Å². The molecule has 0 atom stereocenters. The summed E-state index contributed by atoms with van der Waals surface area (Å²) in [7, 11) is 0. The van der Waals surface area contributed by atoms with Gasteiger partial charge in [0.1, 0.15) is 6.42 Å². The number of thiophene rings is 1. The molecule has 7 heteroatoms. The molecule has 0 unspecified atom stereocenters. The average Bonchev–Trinajstić information content (AvgIpc) is 2.28. The molecule has 0 saturated carbocycles. The molecule has 1 rings (SSSR count). The number of rotatable bonds is 2. The minimum atomic E-state index is -4.44. The van der Waals surface area contributed by atoms with Gasteiger partial charge in [-0.2, -0.15) is 13.2 Å². The number of Topliss-reactive ketones (excluding diaryl/α,β-unsaturated/α-hetero) is 1. The number of halogens is 5. The summed E-state index contributed by atoms with van der Waals surface area (Å²) in [5, 5.41) is 0. The van der Waals surface area contributed by atoms with Gasteiger partial charge in [0.25, 0.3) is 0 Å². The monoisotopic (exact) mass is 350 g/mol. The Morgan fingerprint density at radius 2 is 2.00 bits per heavy atom. The first-order valence-electron chi connectivity index (χ1n) is 3.34. The van der Waals surface area contributed by atoms with Gasteiger partial charge in [0.15, 0.2) is 5.78 Å². The van der Waals surface area contributed by atoms with Crippen LogP contribution in [0.4, 0.5) is 13.2 Å². The summed E-state index contributed by atoms with van der Waals surface area (Å²) in [5.41, 5.74) is 0. The highest BCUT2D eigenvalue weighted by atomic mass is 79.9. The van der Waals surface area contributed by atoms with Gasteiger partial charge < -0.3 is 0 Å². The summed E-state index contributed by atoms with van der Waals surface area (Å²) in [6, 6.07) is 1.38. The number of carbonyl (C=O) groups is 1. The van der Waals surface area contributed by atoms with Crippen LogP contribution in [0, 0.1) is 0 Å². The lowest BCUT2D eigenvalue weighted by Crippen LogP contribution is -2.13. The average molecular weight is 352 g/mol. The van der Waals surface area contributed by atoms with E-state index in [2.05, 4.69) is 31.9 Å². The molecule has 0 saturated heterocycles. The van der Waals surface area contributed by atoms with E-state index in [1.807, 2.05) is 0 Å². The molecule has 0 bridgehead atoms. The van der Waals surface area contributed by atoms with Gasteiger partial charge in [-0.15, -0.1) is 11.3 Å². The fourth-order valence-corrected chi connectivity index (χ4v) is 2.73.